The molecule has 5 nitrogen and oxygen atoms in total. The van der Waals surface area contributed by atoms with E-state index in [1.54, 1.807) is 11.3 Å². The van der Waals surface area contributed by atoms with E-state index >= 15 is 0 Å². The first-order valence-electron chi connectivity index (χ1n) is 8.90. The minimum absolute atomic E-state index is 0.126. The van der Waals surface area contributed by atoms with Crippen LogP contribution in [0.4, 0.5) is 0 Å². The van der Waals surface area contributed by atoms with Gasteiger partial charge in [-0.2, -0.15) is 0 Å². The van der Waals surface area contributed by atoms with Crippen LogP contribution in [-0.2, 0) is 4.79 Å². The van der Waals surface area contributed by atoms with Gasteiger partial charge in [0.25, 0.3) is 5.91 Å². The van der Waals surface area contributed by atoms with Gasteiger partial charge in [0.2, 0.25) is 5.96 Å². The number of nitrogens with one attached hydrogen (secondary N) is 2. The number of aromatic nitrogens is 1. The molecule has 2 heterocycles. The second-order valence-corrected chi connectivity index (χ2v) is 7.72. The van der Waals surface area contributed by atoms with E-state index in [2.05, 4.69) is 28.6 Å². The molecule has 1 saturated carbocycles. The molecular formula is C19H22N4OS. The van der Waals surface area contributed by atoms with E-state index in [-0.39, 0.29) is 11.9 Å². The van der Waals surface area contributed by atoms with Crippen molar-refractivity contribution in [2.24, 2.45) is 10.9 Å². The van der Waals surface area contributed by atoms with E-state index in [1.807, 2.05) is 23.7 Å². The molecule has 25 heavy (non-hydrogen) atoms. The third kappa shape index (κ3) is 3.58. The normalized spacial score (nSPS) is 23.2. The number of nitrogens with zero attached hydrogens (tertiary/aromatic N) is 2. The molecule has 1 aliphatic heterocycles. The highest BCUT2D eigenvalue weighted by atomic mass is 32.1. The largest absolute Gasteiger partial charge is 0.321 e. The summed E-state index contributed by atoms with van der Waals surface area (Å²) in [5.41, 5.74) is 4.34. The number of rotatable bonds is 3. The smallest absolute Gasteiger partial charge is 0.274 e. The van der Waals surface area contributed by atoms with Crippen LogP contribution in [0.15, 0.2) is 34.4 Å². The third-order valence-electron chi connectivity index (χ3n) is 5.06. The summed E-state index contributed by atoms with van der Waals surface area (Å²) < 4.78 is 1.12. The summed E-state index contributed by atoms with van der Waals surface area (Å²) in [5.74, 6) is 1.08. The van der Waals surface area contributed by atoms with E-state index in [4.69, 9.17) is 4.99 Å². The van der Waals surface area contributed by atoms with Crippen LogP contribution in [0.25, 0.3) is 16.3 Å². The number of thiazole rings is 1. The molecule has 1 amide bonds. The molecule has 1 atom stereocenters. The fraction of sp³-hybridized carbons (Fsp3) is 0.421. The lowest BCUT2D eigenvalue weighted by Gasteiger charge is -2.25. The second kappa shape index (κ2) is 6.96. The Morgan fingerprint density at radius 3 is 2.96 bits per heavy atom. The van der Waals surface area contributed by atoms with Crippen molar-refractivity contribution in [1.82, 2.24) is 15.6 Å². The minimum atomic E-state index is -0.126. The molecule has 1 aromatic carbocycles. The molecule has 1 aliphatic carbocycles. The van der Waals surface area contributed by atoms with Gasteiger partial charge in [0.1, 0.15) is 5.70 Å². The Labute approximate surface area is 151 Å². The van der Waals surface area contributed by atoms with Gasteiger partial charge in [0.05, 0.1) is 21.8 Å². The van der Waals surface area contributed by atoms with Crippen molar-refractivity contribution in [3.8, 4) is 0 Å². The lowest BCUT2D eigenvalue weighted by Crippen LogP contribution is -2.29. The molecule has 6 heteroatoms. The highest BCUT2D eigenvalue weighted by Crippen LogP contribution is 2.28. The zero-order chi connectivity index (χ0) is 17.2. The Bertz CT molecular complexity index is 848. The van der Waals surface area contributed by atoms with E-state index in [0.29, 0.717) is 17.6 Å². The first-order valence-corrected chi connectivity index (χ1v) is 9.78. The maximum Gasteiger partial charge on any atom is 0.274 e. The van der Waals surface area contributed by atoms with Crippen LogP contribution >= 0.6 is 11.3 Å². The Hall–Kier alpha value is -2.21. The van der Waals surface area contributed by atoms with Crippen LogP contribution in [0.1, 0.15) is 44.6 Å². The van der Waals surface area contributed by atoms with Crippen LogP contribution in [0, 0.1) is 5.92 Å². The first kappa shape index (κ1) is 16.3. The summed E-state index contributed by atoms with van der Waals surface area (Å²) in [6, 6.07) is 6.24. The third-order valence-corrected chi connectivity index (χ3v) is 5.85. The predicted molar refractivity (Wildman–Crippen MR) is 102 cm³/mol. The summed E-state index contributed by atoms with van der Waals surface area (Å²) in [5, 5.41) is 5.99. The Kier molecular flexibility index (Phi) is 4.53. The summed E-state index contributed by atoms with van der Waals surface area (Å²) >= 11 is 1.60. The number of amides is 1. The van der Waals surface area contributed by atoms with E-state index in [1.165, 1.54) is 32.1 Å². The van der Waals surface area contributed by atoms with Crippen molar-refractivity contribution in [3.63, 3.8) is 0 Å². The van der Waals surface area contributed by atoms with Gasteiger partial charge in [0, 0.05) is 0 Å². The first-order chi connectivity index (χ1) is 12.2. The van der Waals surface area contributed by atoms with Crippen LogP contribution < -0.4 is 10.6 Å². The maximum atomic E-state index is 12.2. The highest BCUT2D eigenvalue weighted by molar-refractivity contribution is 7.16. The number of benzene rings is 1. The molecule has 0 bridgehead atoms. The summed E-state index contributed by atoms with van der Waals surface area (Å²) in [6.45, 7) is 2.15. The topological polar surface area (TPSA) is 66.4 Å². The zero-order valence-electron chi connectivity index (χ0n) is 14.3. The van der Waals surface area contributed by atoms with Gasteiger partial charge in [-0.3, -0.25) is 10.1 Å². The molecule has 1 aromatic heterocycles. The number of carbonyl (C=O) groups excluding carboxylic acids is 1. The molecule has 2 aliphatic rings. The SMILES string of the molecule is CC(N=C1NC(=O)/C(=C/c2ccc3ncsc3c2)N1)C1CCCCC1. The molecule has 0 radical (unpaired) electrons. The van der Waals surface area contributed by atoms with Crippen molar-refractivity contribution in [1.29, 1.82) is 0 Å². The maximum absolute atomic E-state index is 12.2. The fourth-order valence-electron chi connectivity index (χ4n) is 3.61. The Morgan fingerprint density at radius 1 is 1.28 bits per heavy atom. The number of guanidine groups is 1. The van der Waals surface area contributed by atoms with Gasteiger partial charge < -0.3 is 5.32 Å². The summed E-state index contributed by atoms with van der Waals surface area (Å²) in [4.78, 5) is 21.2. The molecule has 4 rings (SSSR count). The van der Waals surface area contributed by atoms with Crippen molar-refractivity contribution < 1.29 is 4.79 Å². The summed E-state index contributed by atoms with van der Waals surface area (Å²) in [6.07, 6.45) is 8.27. The summed E-state index contributed by atoms with van der Waals surface area (Å²) in [7, 11) is 0. The zero-order valence-corrected chi connectivity index (χ0v) is 15.1. The van der Waals surface area contributed by atoms with Crippen molar-refractivity contribution >= 4 is 39.5 Å². The van der Waals surface area contributed by atoms with Crippen LogP contribution in [0.5, 0.6) is 0 Å². The second-order valence-electron chi connectivity index (χ2n) is 6.83. The van der Waals surface area contributed by atoms with Crippen molar-refractivity contribution in [3.05, 3.63) is 35.0 Å². The van der Waals surface area contributed by atoms with Crippen molar-refractivity contribution in [2.75, 3.05) is 0 Å². The molecule has 2 aromatic rings. The lowest BCUT2D eigenvalue weighted by molar-refractivity contribution is -0.115. The molecule has 0 spiro atoms. The highest BCUT2D eigenvalue weighted by Gasteiger charge is 2.25. The Balaban J connectivity index is 1.50. The predicted octanol–water partition coefficient (Wildman–Crippen LogP) is 3.68. The monoisotopic (exact) mass is 354 g/mol. The molecule has 2 N–H and O–H groups in total. The quantitative estimate of drug-likeness (QED) is 0.826. The average molecular weight is 354 g/mol. The van der Waals surface area contributed by atoms with Gasteiger partial charge in [-0.25, -0.2) is 9.98 Å². The van der Waals surface area contributed by atoms with Gasteiger partial charge in [-0.15, -0.1) is 11.3 Å². The van der Waals surface area contributed by atoms with E-state index in [9.17, 15) is 4.79 Å². The van der Waals surface area contributed by atoms with Gasteiger partial charge in [-0.1, -0.05) is 25.3 Å². The molecular weight excluding hydrogens is 332 g/mol. The number of hydrogen-bond donors (Lipinski definition) is 2. The van der Waals surface area contributed by atoms with Crippen molar-refractivity contribution in [2.45, 2.75) is 45.1 Å². The number of aliphatic imine (C=N–C) groups is 1. The van der Waals surface area contributed by atoms with Gasteiger partial charge >= 0.3 is 0 Å². The lowest BCUT2D eigenvalue weighted by atomic mass is 9.85. The van der Waals surface area contributed by atoms with Gasteiger partial charge in [-0.05, 0) is 49.5 Å². The number of hydrogen-bond acceptors (Lipinski definition) is 4. The molecule has 1 unspecified atom stereocenters. The van der Waals surface area contributed by atoms with E-state index in [0.717, 1.165) is 15.8 Å². The van der Waals surface area contributed by atoms with Crippen LogP contribution in [-0.4, -0.2) is 22.9 Å². The molecule has 1 saturated heterocycles. The van der Waals surface area contributed by atoms with Gasteiger partial charge in [0.15, 0.2) is 0 Å². The van der Waals surface area contributed by atoms with Crippen LogP contribution in [0.2, 0.25) is 0 Å². The molecule has 130 valence electrons. The minimum Gasteiger partial charge on any atom is -0.321 e. The van der Waals surface area contributed by atoms with E-state index < -0.39 is 0 Å². The average Bonchev–Trinajstić information content (AvgIpc) is 3.22. The Morgan fingerprint density at radius 2 is 2.12 bits per heavy atom. The number of carbonyl (C=O) groups is 1. The fourth-order valence-corrected chi connectivity index (χ4v) is 4.34. The van der Waals surface area contributed by atoms with Crippen LogP contribution in [0.3, 0.4) is 0 Å². The standard InChI is InChI=1S/C19H22N4OS/c1-12(14-5-3-2-4-6-14)21-19-22-16(18(24)23-19)9-13-7-8-15-17(10-13)25-11-20-15/h7-12,14H,2-6H2,1H3,(H2,21,22,23,24)/b16-9-. The molecule has 2 fully saturated rings. The number of fused-ring (bicyclic) bond motifs is 1.